The molecule has 3 aromatic heterocycles. The molecular weight excluding hydrogens is 546 g/mol. The highest BCUT2D eigenvalue weighted by Crippen LogP contribution is 2.41. The van der Waals surface area contributed by atoms with Gasteiger partial charge in [-0.3, -0.25) is 9.69 Å². The minimum Gasteiger partial charge on any atom is -0.444 e. The summed E-state index contributed by atoms with van der Waals surface area (Å²) >= 11 is 0. The van der Waals surface area contributed by atoms with Crippen molar-refractivity contribution in [1.29, 1.82) is 0 Å². The van der Waals surface area contributed by atoms with E-state index in [-0.39, 0.29) is 0 Å². The molecule has 1 atom stereocenters. The normalized spacial score (nSPS) is 12.8. The molecule has 0 aliphatic carbocycles. The van der Waals surface area contributed by atoms with Crippen LogP contribution in [0.4, 0.5) is 10.6 Å². The highest BCUT2D eigenvalue weighted by Gasteiger charge is 2.41. The largest absolute Gasteiger partial charge is 0.444 e. The first kappa shape index (κ1) is 32.7. The van der Waals surface area contributed by atoms with E-state index in [1.54, 1.807) is 40.1 Å². The fourth-order valence-electron chi connectivity index (χ4n) is 5.50. The van der Waals surface area contributed by atoms with Gasteiger partial charge in [0, 0.05) is 19.7 Å². The van der Waals surface area contributed by atoms with Gasteiger partial charge in [0.25, 0.3) is 0 Å². The molecule has 3 aromatic rings. The van der Waals surface area contributed by atoms with Crippen molar-refractivity contribution in [3.05, 3.63) is 30.5 Å². The Morgan fingerprint density at radius 1 is 1.00 bits per heavy atom. The van der Waals surface area contributed by atoms with Gasteiger partial charge in [0.15, 0.2) is 5.65 Å². The van der Waals surface area contributed by atoms with E-state index in [1.165, 1.54) is 18.3 Å². The van der Waals surface area contributed by atoms with Crippen molar-refractivity contribution in [3.8, 4) is 22.7 Å². The van der Waals surface area contributed by atoms with E-state index in [4.69, 9.17) is 9.72 Å². The molecule has 0 spiro atoms. The number of anilines is 1. The van der Waals surface area contributed by atoms with Crippen LogP contribution >= 0.6 is 0 Å². The average molecular weight is 592 g/mol. The first-order valence-electron chi connectivity index (χ1n) is 14.4. The van der Waals surface area contributed by atoms with Crippen LogP contribution in [0.2, 0.25) is 16.6 Å². The Kier molecular flexibility index (Phi) is 9.83. The van der Waals surface area contributed by atoms with Gasteiger partial charge in [-0.1, -0.05) is 47.5 Å². The van der Waals surface area contributed by atoms with Gasteiger partial charge < -0.3 is 14.6 Å². The lowest BCUT2D eigenvalue weighted by Crippen LogP contribution is -2.45. The third-order valence-corrected chi connectivity index (χ3v) is 14.1. The zero-order valence-corrected chi connectivity index (χ0v) is 28.0. The summed E-state index contributed by atoms with van der Waals surface area (Å²) in [6.07, 6.45) is 2.58. The number of nitrogens with one attached hydrogen (secondary N) is 1. The predicted octanol–water partition coefficient (Wildman–Crippen LogP) is 6.19. The molecule has 3 rings (SSSR count). The van der Waals surface area contributed by atoms with Gasteiger partial charge in [-0.2, -0.15) is 0 Å². The zero-order chi connectivity index (χ0) is 31.6. The molecule has 0 radical (unpaired) electrons. The van der Waals surface area contributed by atoms with Gasteiger partial charge in [0.2, 0.25) is 5.91 Å². The molecule has 0 fully saturated rings. The fourth-order valence-corrected chi connectivity index (χ4v) is 10.7. The SMILES string of the molecule is CC(C(=O)Nc1cc(-c2ncnc3ncn(C)c23)cc(C#C[Si](C(C)C)(C(C)C)C(C)C)n1)N(C)C(=O)OC(C)(C)C. The van der Waals surface area contributed by atoms with Gasteiger partial charge in [-0.25, -0.2) is 24.7 Å². The number of aromatic nitrogens is 5. The Labute approximate surface area is 250 Å². The molecule has 42 heavy (non-hydrogen) atoms. The van der Waals surface area contributed by atoms with E-state index in [1.807, 2.05) is 17.7 Å². The van der Waals surface area contributed by atoms with Crippen LogP contribution in [0, 0.1) is 11.5 Å². The van der Waals surface area contributed by atoms with Crippen LogP contribution in [0.5, 0.6) is 0 Å². The molecule has 1 unspecified atom stereocenters. The van der Waals surface area contributed by atoms with Gasteiger partial charge in [0.05, 0.1) is 12.0 Å². The molecule has 0 saturated carbocycles. The summed E-state index contributed by atoms with van der Waals surface area (Å²) < 4.78 is 7.30. The molecule has 0 bridgehead atoms. The van der Waals surface area contributed by atoms with Crippen molar-refractivity contribution >= 4 is 37.1 Å². The van der Waals surface area contributed by atoms with E-state index in [0.717, 1.165) is 11.1 Å². The number of imidazole rings is 1. The van der Waals surface area contributed by atoms with Gasteiger partial charge >= 0.3 is 6.09 Å². The van der Waals surface area contributed by atoms with Crippen LogP contribution in [-0.4, -0.2) is 68.2 Å². The zero-order valence-electron chi connectivity index (χ0n) is 27.0. The Bertz CT molecular complexity index is 1490. The fraction of sp³-hybridized carbons (Fsp3) is 0.548. The molecule has 2 amide bonds. The van der Waals surface area contributed by atoms with E-state index < -0.39 is 31.7 Å². The average Bonchev–Trinajstić information content (AvgIpc) is 3.27. The first-order valence-corrected chi connectivity index (χ1v) is 16.7. The van der Waals surface area contributed by atoms with Crippen LogP contribution in [0.15, 0.2) is 24.8 Å². The molecule has 0 aliphatic rings. The highest BCUT2D eigenvalue weighted by molar-refractivity contribution is 6.90. The van der Waals surface area contributed by atoms with Crippen molar-refractivity contribution in [3.63, 3.8) is 0 Å². The van der Waals surface area contributed by atoms with Crippen molar-refractivity contribution in [2.75, 3.05) is 12.4 Å². The minimum atomic E-state index is -2.05. The number of ether oxygens (including phenoxy) is 1. The number of nitrogens with zero attached hydrogens (tertiary/aromatic N) is 6. The minimum absolute atomic E-state index is 0.311. The third-order valence-electron chi connectivity index (χ3n) is 7.77. The van der Waals surface area contributed by atoms with Crippen molar-refractivity contribution in [2.45, 2.75) is 97.5 Å². The number of rotatable bonds is 7. The summed E-state index contributed by atoms with van der Waals surface area (Å²) in [5, 5.41) is 2.89. The summed E-state index contributed by atoms with van der Waals surface area (Å²) in [7, 11) is 1.37. The van der Waals surface area contributed by atoms with Crippen molar-refractivity contribution in [2.24, 2.45) is 7.05 Å². The van der Waals surface area contributed by atoms with Crippen molar-refractivity contribution < 1.29 is 14.3 Å². The summed E-state index contributed by atoms with van der Waals surface area (Å²) in [5.41, 5.74) is 7.63. The molecule has 10 nitrogen and oxygen atoms in total. The molecule has 3 heterocycles. The number of likely N-dealkylation sites (N-methyl/N-ethyl adjacent to an activating group) is 1. The summed E-state index contributed by atoms with van der Waals surface area (Å²) in [5.74, 6) is 3.31. The second kappa shape index (κ2) is 12.6. The number of aryl methyl sites for hydroxylation is 1. The number of hydrogen-bond donors (Lipinski definition) is 1. The molecule has 0 aromatic carbocycles. The molecule has 0 aliphatic heterocycles. The smallest absolute Gasteiger partial charge is 0.410 e. The van der Waals surface area contributed by atoms with Crippen LogP contribution in [0.3, 0.4) is 0 Å². The van der Waals surface area contributed by atoms with Gasteiger partial charge in [-0.15, -0.1) is 5.54 Å². The quantitative estimate of drug-likeness (QED) is 0.257. The topological polar surface area (TPSA) is 115 Å². The predicted molar refractivity (Wildman–Crippen MR) is 170 cm³/mol. The van der Waals surface area contributed by atoms with Crippen LogP contribution in [-0.2, 0) is 16.6 Å². The van der Waals surface area contributed by atoms with Crippen LogP contribution in [0.25, 0.3) is 22.4 Å². The monoisotopic (exact) mass is 591 g/mol. The first-order chi connectivity index (χ1) is 19.5. The lowest BCUT2D eigenvalue weighted by Gasteiger charge is -2.38. The molecule has 0 saturated heterocycles. The summed E-state index contributed by atoms with van der Waals surface area (Å²) in [6.45, 7) is 20.6. The van der Waals surface area contributed by atoms with E-state index in [0.29, 0.717) is 39.5 Å². The van der Waals surface area contributed by atoms with E-state index in [2.05, 4.69) is 73.3 Å². The number of hydrogen-bond acceptors (Lipinski definition) is 7. The summed E-state index contributed by atoms with van der Waals surface area (Å²) in [6, 6.07) is 2.84. The van der Waals surface area contributed by atoms with E-state index >= 15 is 0 Å². The lowest BCUT2D eigenvalue weighted by molar-refractivity contribution is -0.120. The highest BCUT2D eigenvalue weighted by atomic mass is 28.3. The van der Waals surface area contributed by atoms with Gasteiger partial charge in [-0.05, 0) is 56.5 Å². The molecular formula is C31H45N7O3Si. The molecule has 1 N–H and O–H groups in total. The number of amides is 2. The number of carbonyl (C=O) groups is 2. The maximum atomic E-state index is 13.3. The van der Waals surface area contributed by atoms with Crippen LogP contribution < -0.4 is 5.32 Å². The molecule has 226 valence electrons. The third kappa shape index (κ3) is 6.98. The lowest BCUT2D eigenvalue weighted by atomic mass is 10.1. The molecule has 11 heteroatoms. The van der Waals surface area contributed by atoms with Crippen molar-refractivity contribution in [1.82, 2.24) is 29.4 Å². The second-order valence-corrected chi connectivity index (χ2v) is 18.4. The Hall–Kier alpha value is -3.78. The Morgan fingerprint density at radius 3 is 2.19 bits per heavy atom. The van der Waals surface area contributed by atoms with Crippen LogP contribution in [0.1, 0.15) is 74.9 Å². The second-order valence-electron chi connectivity index (χ2n) is 12.8. The Morgan fingerprint density at radius 2 is 1.62 bits per heavy atom. The van der Waals surface area contributed by atoms with E-state index in [9.17, 15) is 9.59 Å². The summed E-state index contributed by atoms with van der Waals surface area (Å²) in [4.78, 5) is 45.1. The number of fused-ring (bicyclic) bond motifs is 1. The van der Waals surface area contributed by atoms with Gasteiger partial charge in [0.1, 0.15) is 43.1 Å². The Balaban J connectivity index is 2.11. The standard InChI is InChI=1S/C31H45N7O3Si/c1-19(2)42(20(3)4,21(5)6)14-13-24-15-23(26-27-28(33-17-32-26)34-18-37(27)11)16-25(35-24)36-29(39)22(7)38(12)30(40)41-31(8,9)10/h15-22H,1-12H3,(H,35,36,39). The number of carbonyl (C=O) groups excluding carboxylic acids is 2. The number of pyridine rings is 1. The maximum absolute atomic E-state index is 13.3. The maximum Gasteiger partial charge on any atom is 0.410 e.